The monoisotopic (exact) mass is 440 g/mol. The number of guanidine groups is 1. The summed E-state index contributed by atoms with van der Waals surface area (Å²) in [5, 5.41) is 7.59. The van der Waals surface area contributed by atoms with Gasteiger partial charge < -0.3 is 20.1 Å². The van der Waals surface area contributed by atoms with Crippen molar-refractivity contribution in [3.8, 4) is 5.75 Å². The van der Waals surface area contributed by atoms with Crippen molar-refractivity contribution >= 4 is 29.3 Å². The second kappa shape index (κ2) is 11.3. The molecule has 0 spiro atoms. The van der Waals surface area contributed by atoms with Crippen LogP contribution in [0.4, 0.5) is 0 Å². The summed E-state index contributed by atoms with van der Waals surface area (Å²) in [5.41, 5.74) is 1.27. The second-order valence-corrected chi connectivity index (χ2v) is 8.97. The quantitative estimate of drug-likeness (QED) is 0.478. The first-order chi connectivity index (χ1) is 14.2. The van der Waals surface area contributed by atoms with Gasteiger partial charge in [-0.1, -0.05) is 17.7 Å². The molecule has 0 saturated carbocycles. The molecule has 2 aliphatic heterocycles. The van der Waals surface area contributed by atoms with Gasteiger partial charge in [-0.2, -0.15) is 11.8 Å². The number of halogens is 1. The number of benzene rings is 1. The number of rotatable bonds is 8. The fraction of sp³-hybridized carbons (Fsp3) is 0.667. The number of methoxy groups -OCH3 is 1. The van der Waals surface area contributed by atoms with Crippen LogP contribution in [0.3, 0.4) is 0 Å². The van der Waals surface area contributed by atoms with Crippen molar-refractivity contribution in [3.63, 3.8) is 0 Å². The molecule has 0 bridgehead atoms. The summed E-state index contributed by atoms with van der Waals surface area (Å²) in [6, 6.07) is 5.83. The molecule has 1 aromatic carbocycles. The normalized spacial score (nSPS) is 23.2. The molecular formula is C21H33ClN4O2S. The predicted octanol–water partition coefficient (Wildman–Crippen LogP) is 2.65. The maximum atomic E-state index is 6.36. The Kier molecular flexibility index (Phi) is 8.78. The van der Waals surface area contributed by atoms with E-state index in [4.69, 9.17) is 26.1 Å². The zero-order chi connectivity index (χ0) is 20.5. The molecule has 29 heavy (non-hydrogen) atoms. The SMILES string of the molecule is CCNC(=NCC1(N2CCOCC2)CCSC1)NCCc1ccc(OC)cc1Cl. The molecule has 2 saturated heterocycles. The first-order valence-corrected chi connectivity index (χ1v) is 12.0. The molecule has 6 nitrogen and oxygen atoms in total. The van der Waals surface area contributed by atoms with Gasteiger partial charge in [0.15, 0.2) is 5.96 Å². The molecular weight excluding hydrogens is 408 g/mol. The molecule has 1 atom stereocenters. The van der Waals surface area contributed by atoms with Crippen LogP contribution in [0, 0.1) is 0 Å². The van der Waals surface area contributed by atoms with Crippen molar-refractivity contribution in [1.29, 1.82) is 0 Å². The van der Waals surface area contributed by atoms with Crippen LogP contribution in [0.25, 0.3) is 0 Å². The van der Waals surface area contributed by atoms with Gasteiger partial charge in [0.2, 0.25) is 0 Å². The van der Waals surface area contributed by atoms with Gasteiger partial charge >= 0.3 is 0 Å². The molecule has 1 unspecified atom stereocenters. The van der Waals surface area contributed by atoms with Crippen LogP contribution in [0.1, 0.15) is 18.9 Å². The van der Waals surface area contributed by atoms with Crippen molar-refractivity contribution in [1.82, 2.24) is 15.5 Å². The Morgan fingerprint density at radius 3 is 2.83 bits per heavy atom. The Hall–Kier alpha value is -1.15. The first-order valence-electron chi connectivity index (χ1n) is 10.4. The zero-order valence-corrected chi connectivity index (χ0v) is 19.1. The predicted molar refractivity (Wildman–Crippen MR) is 123 cm³/mol. The maximum absolute atomic E-state index is 6.36. The smallest absolute Gasteiger partial charge is 0.191 e. The number of aliphatic imine (C=N–C) groups is 1. The number of hydrogen-bond acceptors (Lipinski definition) is 5. The minimum absolute atomic E-state index is 0.163. The average Bonchev–Trinajstić information content (AvgIpc) is 3.24. The Balaban J connectivity index is 1.58. The van der Waals surface area contributed by atoms with Crippen LogP contribution in [-0.2, 0) is 11.2 Å². The lowest BCUT2D eigenvalue weighted by Gasteiger charge is -2.42. The van der Waals surface area contributed by atoms with Gasteiger partial charge in [-0.3, -0.25) is 9.89 Å². The summed E-state index contributed by atoms with van der Waals surface area (Å²) < 4.78 is 10.8. The van der Waals surface area contributed by atoms with Crippen LogP contribution < -0.4 is 15.4 Å². The lowest BCUT2D eigenvalue weighted by atomic mass is 9.96. The van der Waals surface area contributed by atoms with Crippen LogP contribution in [0.15, 0.2) is 23.2 Å². The molecule has 2 fully saturated rings. The van der Waals surface area contributed by atoms with Crippen LogP contribution >= 0.6 is 23.4 Å². The van der Waals surface area contributed by atoms with E-state index in [-0.39, 0.29) is 5.54 Å². The van der Waals surface area contributed by atoms with Gasteiger partial charge in [-0.15, -0.1) is 0 Å². The second-order valence-electron chi connectivity index (χ2n) is 7.46. The first kappa shape index (κ1) is 22.5. The van der Waals surface area contributed by atoms with E-state index in [1.54, 1.807) is 7.11 Å². The van der Waals surface area contributed by atoms with E-state index in [0.717, 1.165) is 80.4 Å². The topological polar surface area (TPSA) is 58.1 Å². The minimum atomic E-state index is 0.163. The molecule has 0 radical (unpaired) electrons. The number of hydrogen-bond donors (Lipinski definition) is 2. The number of morpholine rings is 1. The van der Waals surface area contributed by atoms with E-state index in [0.29, 0.717) is 0 Å². The fourth-order valence-corrected chi connectivity index (χ4v) is 5.58. The van der Waals surface area contributed by atoms with Crippen LogP contribution in [-0.4, -0.2) is 81.0 Å². The molecule has 2 heterocycles. The highest BCUT2D eigenvalue weighted by Crippen LogP contribution is 2.34. The van der Waals surface area contributed by atoms with E-state index in [2.05, 4.69) is 22.5 Å². The summed E-state index contributed by atoms with van der Waals surface area (Å²) in [4.78, 5) is 7.57. The zero-order valence-electron chi connectivity index (χ0n) is 17.5. The molecule has 0 amide bonds. The highest BCUT2D eigenvalue weighted by molar-refractivity contribution is 7.99. The minimum Gasteiger partial charge on any atom is -0.497 e. The van der Waals surface area contributed by atoms with Crippen molar-refractivity contribution in [2.45, 2.75) is 25.3 Å². The molecule has 2 N–H and O–H groups in total. The molecule has 8 heteroatoms. The third kappa shape index (κ3) is 6.17. The standard InChI is InChI=1S/C21H33ClN4O2S/c1-3-23-20(24-8-6-17-4-5-18(27-2)14-19(17)22)25-15-21(7-13-29-16-21)26-9-11-28-12-10-26/h4-5,14H,3,6-13,15-16H2,1-2H3,(H2,23,24,25). The van der Waals surface area contributed by atoms with Crippen molar-refractivity contribution in [2.75, 3.05) is 64.6 Å². The van der Waals surface area contributed by atoms with E-state index in [9.17, 15) is 0 Å². The Bertz CT molecular complexity index is 677. The summed E-state index contributed by atoms with van der Waals surface area (Å²) in [6.07, 6.45) is 2.03. The summed E-state index contributed by atoms with van der Waals surface area (Å²) in [6.45, 7) is 8.21. The Morgan fingerprint density at radius 2 is 2.17 bits per heavy atom. The third-order valence-corrected chi connectivity index (χ3v) is 7.17. The van der Waals surface area contributed by atoms with Crippen molar-refractivity contribution < 1.29 is 9.47 Å². The number of nitrogens with one attached hydrogen (secondary N) is 2. The van der Waals surface area contributed by atoms with E-state index >= 15 is 0 Å². The summed E-state index contributed by atoms with van der Waals surface area (Å²) >= 11 is 8.41. The van der Waals surface area contributed by atoms with E-state index < -0.39 is 0 Å². The third-order valence-electron chi connectivity index (χ3n) is 5.59. The molecule has 2 aliphatic rings. The van der Waals surface area contributed by atoms with Gasteiger partial charge in [0.05, 0.1) is 32.4 Å². The van der Waals surface area contributed by atoms with Gasteiger partial charge in [-0.25, -0.2) is 0 Å². The largest absolute Gasteiger partial charge is 0.497 e. The fourth-order valence-electron chi connectivity index (χ4n) is 3.85. The van der Waals surface area contributed by atoms with Crippen molar-refractivity contribution in [2.24, 2.45) is 4.99 Å². The Morgan fingerprint density at radius 1 is 1.34 bits per heavy atom. The van der Waals surface area contributed by atoms with Gasteiger partial charge in [-0.05, 0) is 43.2 Å². The lowest BCUT2D eigenvalue weighted by molar-refractivity contribution is -0.0104. The number of thioether (sulfide) groups is 1. The van der Waals surface area contributed by atoms with Crippen LogP contribution in [0.2, 0.25) is 5.02 Å². The van der Waals surface area contributed by atoms with Crippen LogP contribution in [0.5, 0.6) is 5.75 Å². The molecule has 0 aromatic heterocycles. The van der Waals surface area contributed by atoms with E-state index in [1.165, 1.54) is 12.2 Å². The molecule has 3 rings (SSSR count). The Labute approximate surface area is 183 Å². The van der Waals surface area contributed by atoms with Crippen molar-refractivity contribution in [3.05, 3.63) is 28.8 Å². The van der Waals surface area contributed by atoms with Gasteiger partial charge in [0, 0.05) is 37.0 Å². The number of nitrogens with zero attached hydrogens (tertiary/aromatic N) is 2. The van der Waals surface area contributed by atoms with E-state index in [1.807, 2.05) is 30.0 Å². The maximum Gasteiger partial charge on any atom is 0.191 e. The average molecular weight is 441 g/mol. The molecule has 1 aromatic rings. The lowest BCUT2D eigenvalue weighted by Crippen LogP contribution is -2.56. The number of ether oxygens (including phenoxy) is 2. The van der Waals surface area contributed by atoms with Gasteiger partial charge in [0.25, 0.3) is 0 Å². The summed E-state index contributed by atoms with van der Waals surface area (Å²) in [5.74, 6) is 4.02. The summed E-state index contributed by atoms with van der Waals surface area (Å²) in [7, 11) is 1.65. The molecule has 162 valence electrons. The van der Waals surface area contributed by atoms with Gasteiger partial charge in [0.1, 0.15) is 5.75 Å². The molecule has 0 aliphatic carbocycles. The highest BCUT2D eigenvalue weighted by atomic mass is 35.5. The highest BCUT2D eigenvalue weighted by Gasteiger charge is 2.40.